The highest BCUT2D eigenvalue weighted by molar-refractivity contribution is 5.91. The lowest BCUT2D eigenvalue weighted by molar-refractivity contribution is 0.0825. The van der Waals surface area contributed by atoms with E-state index in [1.165, 1.54) is 6.07 Å². The van der Waals surface area contributed by atoms with Crippen LogP contribution in [0.4, 0.5) is 8.78 Å². The van der Waals surface area contributed by atoms with Crippen LogP contribution in [0.15, 0.2) is 24.4 Å². The van der Waals surface area contributed by atoms with Crippen LogP contribution in [-0.2, 0) is 0 Å². The Morgan fingerprint density at radius 1 is 1.39 bits per heavy atom. The van der Waals surface area contributed by atoms with E-state index in [0.717, 1.165) is 5.56 Å². The smallest absolute Gasteiger partial charge is 0.272 e. The second kappa shape index (κ2) is 5.08. The normalized spacial score (nSPS) is 10.9. The van der Waals surface area contributed by atoms with E-state index in [-0.39, 0.29) is 5.75 Å². The average molecular weight is 251 g/mol. The van der Waals surface area contributed by atoms with Gasteiger partial charge < -0.3 is 4.74 Å². The summed E-state index contributed by atoms with van der Waals surface area (Å²) in [6.07, 6.45) is -0.291. The van der Waals surface area contributed by atoms with E-state index in [1.54, 1.807) is 12.3 Å². The van der Waals surface area contributed by atoms with Crippen LogP contribution in [0.5, 0.6) is 5.75 Å². The standard InChI is InChI=1S/C13H11F2NO2/c1-8-2-10-3-9(6-17)4-11(13(10)16-5-8)18-7-12(14)15/h2-6,12H,7H2,1H3. The maximum Gasteiger partial charge on any atom is 0.272 e. The minimum Gasteiger partial charge on any atom is -0.485 e. The number of halogens is 2. The summed E-state index contributed by atoms with van der Waals surface area (Å²) in [5, 5.41) is 0.698. The molecule has 0 amide bonds. The van der Waals surface area contributed by atoms with Gasteiger partial charge in [-0.1, -0.05) is 0 Å². The van der Waals surface area contributed by atoms with Crippen LogP contribution in [0.25, 0.3) is 10.9 Å². The summed E-state index contributed by atoms with van der Waals surface area (Å²) < 4.78 is 29.3. The molecule has 1 aromatic carbocycles. The van der Waals surface area contributed by atoms with Crippen LogP contribution < -0.4 is 4.74 Å². The highest BCUT2D eigenvalue weighted by atomic mass is 19.3. The zero-order valence-electron chi connectivity index (χ0n) is 9.69. The molecule has 0 radical (unpaired) electrons. The van der Waals surface area contributed by atoms with Crippen molar-refractivity contribution in [2.45, 2.75) is 13.3 Å². The Morgan fingerprint density at radius 2 is 2.17 bits per heavy atom. The lowest BCUT2D eigenvalue weighted by Gasteiger charge is -2.09. The predicted molar refractivity (Wildman–Crippen MR) is 63.4 cm³/mol. The van der Waals surface area contributed by atoms with Crippen molar-refractivity contribution < 1.29 is 18.3 Å². The molecule has 3 nitrogen and oxygen atoms in total. The molecule has 94 valence electrons. The molecule has 5 heteroatoms. The van der Waals surface area contributed by atoms with Gasteiger partial charge in [0, 0.05) is 17.1 Å². The second-order valence-corrected chi connectivity index (χ2v) is 3.92. The summed E-state index contributed by atoms with van der Waals surface area (Å²) in [7, 11) is 0. The lowest BCUT2D eigenvalue weighted by Crippen LogP contribution is -2.07. The van der Waals surface area contributed by atoms with E-state index in [0.29, 0.717) is 22.8 Å². The van der Waals surface area contributed by atoms with E-state index in [2.05, 4.69) is 4.98 Å². The van der Waals surface area contributed by atoms with E-state index in [9.17, 15) is 13.6 Å². The first-order valence-electron chi connectivity index (χ1n) is 5.36. The molecule has 0 aliphatic heterocycles. The molecule has 0 N–H and O–H groups in total. The fraction of sp³-hybridized carbons (Fsp3) is 0.231. The number of hydrogen-bond acceptors (Lipinski definition) is 3. The van der Waals surface area contributed by atoms with E-state index >= 15 is 0 Å². The molecule has 18 heavy (non-hydrogen) atoms. The van der Waals surface area contributed by atoms with Gasteiger partial charge in [-0.3, -0.25) is 9.78 Å². The third-order valence-corrected chi connectivity index (χ3v) is 2.41. The van der Waals surface area contributed by atoms with Crippen molar-refractivity contribution in [2.75, 3.05) is 6.61 Å². The maximum atomic E-state index is 12.2. The van der Waals surface area contributed by atoms with Gasteiger partial charge in [-0.05, 0) is 30.7 Å². The third kappa shape index (κ3) is 2.61. The summed E-state index contributed by atoms with van der Waals surface area (Å²) in [6, 6.07) is 4.89. The molecule has 2 aromatic rings. The molecular formula is C13H11F2NO2. The zero-order valence-corrected chi connectivity index (χ0v) is 9.69. The molecule has 0 fully saturated rings. The summed E-state index contributed by atoms with van der Waals surface area (Å²) >= 11 is 0. The van der Waals surface area contributed by atoms with Crippen LogP contribution in [0.1, 0.15) is 15.9 Å². The number of fused-ring (bicyclic) bond motifs is 1. The van der Waals surface area contributed by atoms with E-state index < -0.39 is 13.0 Å². The van der Waals surface area contributed by atoms with Crippen LogP contribution >= 0.6 is 0 Å². The number of aryl methyl sites for hydroxylation is 1. The molecule has 0 atom stereocenters. The second-order valence-electron chi connectivity index (χ2n) is 3.92. The highest BCUT2D eigenvalue weighted by Crippen LogP contribution is 2.26. The summed E-state index contributed by atoms with van der Waals surface area (Å²) in [4.78, 5) is 14.9. The van der Waals surface area contributed by atoms with Crippen molar-refractivity contribution in [3.05, 3.63) is 35.5 Å². The number of aromatic nitrogens is 1. The fourth-order valence-corrected chi connectivity index (χ4v) is 1.68. The summed E-state index contributed by atoms with van der Waals surface area (Å²) in [5.41, 5.74) is 1.77. The third-order valence-electron chi connectivity index (χ3n) is 2.41. The van der Waals surface area contributed by atoms with Crippen molar-refractivity contribution >= 4 is 17.2 Å². The minimum atomic E-state index is -2.56. The Morgan fingerprint density at radius 3 is 2.83 bits per heavy atom. The molecule has 2 rings (SSSR count). The Bertz CT molecular complexity index is 584. The number of nitrogens with zero attached hydrogens (tertiary/aromatic N) is 1. The quantitative estimate of drug-likeness (QED) is 0.784. The van der Waals surface area contributed by atoms with E-state index in [1.807, 2.05) is 13.0 Å². The molecule has 0 saturated heterocycles. The molecule has 1 aromatic heterocycles. The fourth-order valence-electron chi connectivity index (χ4n) is 1.68. The van der Waals surface area contributed by atoms with Gasteiger partial charge in [0.2, 0.25) is 0 Å². The van der Waals surface area contributed by atoms with Gasteiger partial charge >= 0.3 is 0 Å². The van der Waals surface area contributed by atoms with Gasteiger partial charge in [-0.25, -0.2) is 8.78 Å². The Hall–Kier alpha value is -2.04. The molecule has 0 unspecified atom stereocenters. The lowest BCUT2D eigenvalue weighted by atomic mass is 10.1. The van der Waals surface area contributed by atoms with Crippen LogP contribution in [0.2, 0.25) is 0 Å². The number of alkyl halides is 2. The van der Waals surface area contributed by atoms with Crippen LogP contribution in [0.3, 0.4) is 0 Å². The van der Waals surface area contributed by atoms with Gasteiger partial charge in [-0.2, -0.15) is 0 Å². The van der Waals surface area contributed by atoms with Gasteiger partial charge in [0.15, 0.2) is 0 Å². The minimum absolute atomic E-state index is 0.204. The Balaban J connectivity index is 2.51. The van der Waals surface area contributed by atoms with Crippen molar-refractivity contribution in [3.63, 3.8) is 0 Å². The maximum absolute atomic E-state index is 12.2. The van der Waals surface area contributed by atoms with Crippen molar-refractivity contribution in [2.24, 2.45) is 0 Å². The zero-order chi connectivity index (χ0) is 13.1. The number of benzene rings is 1. The molecule has 0 spiro atoms. The number of ether oxygens (including phenoxy) is 1. The topological polar surface area (TPSA) is 39.2 Å². The Labute approximate surface area is 102 Å². The van der Waals surface area contributed by atoms with Crippen molar-refractivity contribution in [1.82, 2.24) is 4.98 Å². The first-order valence-corrected chi connectivity index (χ1v) is 5.36. The Kier molecular flexibility index (Phi) is 3.50. The summed E-state index contributed by atoms with van der Waals surface area (Å²) in [6.45, 7) is 1.15. The molecule has 0 bridgehead atoms. The SMILES string of the molecule is Cc1cnc2c(OCC(F)F)cc(C=O)cc2c1. The molecule has 1 heterocycles. The first kappa shape index (κ1) is 12.4. The predicted octanol–water partition coefficient (Wildman–Crippen LogP) is 3.00. The summed E-state index contributed by atoms with van der Waals surface area (Å²) in [5.74, 6) is 0.204. The highest BCUT2D eigenvalue weighted by Gasteiger charge is 2.10. The molecule has 0 aliphatic carbocycles. The first-order chi connectivity index (χ1) is 8.60. The number of pyridine rings is 1. The van der Waals surface area contributed by atoms with E-state index in [4.69, 9.17) is 4.74 Å². The van der Waals surface area contributed by atoms with Gasteiger partial charge in [-0.15, -0.1) is 0 Å². The van der Waals surface area contributed by atoms with Gasteiger partial charge in [0.1, 0.15) is 24.2 Å². The molecular weight excluding hydrogens is 240 g/mol. The number of hydrogen-bond donors (Lipinski definition) is 0. The monoisotopic (exact) mass is 251 g/mol. The molecule has 0 saturated carbocycles. The number of carbonyl (C=O) groups is 1. The average Bonchev–Trinajstić information content (AvgIpc) is 2.34. The van der Waals surface area contributed by atoms with Crippen molar-refractivity contribution in [3.8, 4) is 5.75 Å². The number of rotatable bonds is 4. The van der Waals surface area contributed by atoms with Crippen LogP contribution in [0, 0.1) is 6.92 Å². The number of aldehydes is 1. The van der Waals surface area contributed by atoms with Gasteiger partial charge in [0.05, 0.1) is 0 Å². The van der Waals surface area contributed by atoms with Crippen LogP contribution in [-0.4, -0.2) is 24.3 Å². The van der Waals surface area contributed by atoms with Crippen molar-refractivity contribution in [1.29, 1.82) is 0 Å². The largest absolute Gasteiger partial charge is 0.485 e. The number of carbonyl (C=O) groups excluding carboxylic acids is 1. The molecule has 0 aliphatic rings. The van der Waals surface area contributed by atoms with Gasteiger partial charge in [0.25, 0.3) is 6.43 Å².